The van der Waals surface area contributed by atoms with Gasteiger partial charge in [-0.3, -0.25) is 4.90 Å². The SMILES string of the molecule is CCN1CCO[C@H](C)C1. The van der Waals surface area contributed by atoms with Gasteiger partial charge in [0, 0.05) is 13.1 Å². The first kappa shape index (κ1) is 7.03. The van der Waals surface area contributed by atoms with E-state index in [4.69, 9.17) is 4.74 Å². The van der Waals surface area contributed by atoms with Gasteiger partial charge in [-0.25, -0.2) is 0 Å². The van der Waals surface area contributed by atoms with Crippen molar-refractivity contribution in [1.82, 2.24) is 4.90 Å². The Labute approximate surface area is 56.8 Å². The largest absolute Gasteiger partial charge is 0.376 e. The zero-order valence-corrected chi connectivity index (χ0v) is 6.26. The van der Waals surface area contributed by atoms with E-state index in [1.807, 2.05) is 0 Å². The molecule has 2 heteroatoms. The summed E-state index contributed by atoms with van der Waals surface area (Å²) in [5, 5.41) is 0. The highest BCUT2D eigenvalue weighted by atomic mass is 16.5. The number of nitrogens with zero attached hydrogens (tertiary/aromatic N) is 1. The quantitative estimate of drug-likeness (QED) is 0.517. The first-order valence-corrected chi connectivity index (χ1v) is 3.67. The predicted molar refractivity (Wildman–Crippen MR) is 37.5 cm³/mol. The van der Waals surface area contributed by atoms with Crippen LogP contribution in [-0.2, 0) is 4.74 Å². The van der Waals surface area contributed by atoms with Crippen LogP contribution in [0.25, 0.3) is 0 Å². The summed E-state index contributed by atoms with van der Waals surface area (Å²) in [6, 6.07) is 0. The Hall–Kier alpha value is -0.0800. The maximum atomic E-state index is 5.37. The minimum atomic E-state index is 0.443. The molecule has 0 amide bonds. The number of morpholine rings is 1. The van der Waals surface area contributed by atoms with E-state index in [0.717, 1.165) is 26.2 Å². The molecule has 0 spiro atoms. The normalized spacial score (nSPS) is 30.7. The molecule has 0 aliphatic carbocycles. The van der Waals surface area contributed by atoms with Crippen molar-refractivity contribution in [3.63, 3.8) is 0 Å². The molecule has 0 unspecified atom stereocenters. The topological polar surface area (TPSA) is 12.5 Å². The summed E-state index contributed by atoms with van der Waals surface area (Å²) in [6.45, 7) is 8.61. The summed E-state index contributed by atoms with van der Waals surface area (Å²) in [7, 11) is 0. The third kappa shape index (κ3) is 1.95. The molecule has 1 rings (SSSR count). The van der Waals surface area contributed by atoms with Crippen LogP contribution in [0.1, 0.15) is 13.8 Å². The first-order chi connectivity index (χ1) is 4.33. The molecule has 0 N–H and O–H groups in total. The molecule has 1 saturated heterocycles. The molecule has 1 fully saturated rings. The fourth-order valence-electron chi connectivity index (χ4n) is 1.18. The maximum absolute atomic E-state index is 5.37. The lowest BCUT2D eigenvalue weighted by molar-refractivity contribution is -0.0162. The smallest absolute Gasteiger partial charge is 0.0674 e. The monoisotopic (exact) mass is 129 g/mol. The van der Waals surface area contributed by atoms with Crippen LogP contribution in [0.5, 0.6) is 0 Å². The fourth-order valence-corrected chi connectivity index (χ4v) is 1.18. The van der Waals surface area contributed by atoms with E-state index < -0.39 is 0 Å². The molecule has 1 aliphatic rings. The molecule has 1 atom stereocenters. The van der Waals surface area contributed by atoms with Gasteiger partial charge in [-0.1, -0.05) is 6.92 Å². The highest BCUT2D eigenvalue weighted by molar-refractivity contribution is 4.65. The number of likely N-dealkylation sites (N-methyl/N-ethyl adjacent to an activating group) is 1. The van der Waals surface area contributed by atoms with Gasteiger partial charge in [0.25, 0.3) is 0 Å². The van der Waals surface area contributed by atoms with Crippen molar-refractivity contribution >= 4 is 0 Å². The van der Waals surface area contributed by atoms with Crippen LogP contribution in [0.3, 0.4) is 0 Å². The molecule has 2 nitrogen and oxygen atoms in total. The number of hydrogen-bond acceptors (Lipinski definition) is 2. The lowest BCUT2D eigenvalue weighted by atomic mass is 10.3. The number of ether oxygens (including phenoxy) is 1. The predicted octanol–water partition coefficient (Wildman–Crippen LogP) is 0.727. The molecule has 54 valence electrons. The van der Waals surface area contributed by atoms with Gasteiger partial charge >= 0.3 is 0 Å². The second kappa shape index (κ2) is 3.18. The second-order valence-electron chi connectivity index (χ2n) is 2.57. The summed E-state index contributed by atoms with van der Waals surface area (Å²) >= 11 is 0. The van der Waals surface area contributed by atoms with E-state index in [1.165, 1.54) is 0 Å². The zero-order valence-electron chi connectivity index (χ0n) is 6.26. The van der Waals surface area contributed by atoms with Crippen molar-refractivity contribution in [1.29, 1.82) is 0 Å². The van der Waals surface area contributed by atoms with Crippen LogP contribution in [0.2, 0.25) is 0 Å². The highest BCUT2D eigenvalue weighted by Gasteiger charge is 2.13. The second-order valence-corrected chi connectivity index (χ2v) is 2.57. The molecule has 0 aromatic heterocycles. The molecule has 1 aliphatic heterocycles. The van der Waals surface area contributed by atoms with Gasteiger partial charge in [0.15, 0.2) is 0 Å². The van der Waals surface area contributed by atoms with Crippen molar-refractivity contribution in [2.45, 2.75) is 20.0 Å². The molecule has 0 aromatic rings. The van der Waals surface area contributed by atoms with Crippen molar-refractivity contribution in [2.24, 2.45) is 0 Å². The van der Waals surface area contributed by atoms with Gasteiger partial charge in [0.2, 0.25) is 0 Å². The van der Waals surface area contributed by atoms with Crippen molar-refractivity contribution < 1.29 is 4.74 Å². The summed E-state index contributed by atoms with van der Waals surface area (Å²) in [4.78, 5) is 2.41. The molecular weight excluding hydrogens is 114 g/mol. The van der Waals surface area contributed by atoms with Gasteiger partial charge in [-0.2, -0.15) is 0 Å². The van der Waals surface area contributed by atoms with Gasteiger partial charge in [0.1, 0.15) is 0 Å². The van der Waals surface area contributed by atoms with E-state index in [-0.39, 0.29) is 0 Å². The molecular formula is C7H15NO. The van der Waals surface area contributed by atoms with Crippen molar-refractivity contribution in [3.8, 4) is 0 Å². The first-order valence-electron chi connectivity index (χ1n) is 3.67. The Kier molecular flexibility index (Phi) is 2.49. The van der Waals surface area contributed by atoms with Gasteiger partial charge < -0.3 is 4.74 Å². The van der Waals surface area contributed by atoms with E-state index in [9.17, 15) is 0 Å². The summed E-state index contributed by atoms with van der Waals surface area (Å²) in [6.07, 6.45) is 0.443. The van der Waals surface area contributed by atoms with Crippen LogP contribution in [-0.4, -0.2) is 37.2 Å². The minimum absolute atomic E-state index is 0.443. The van der Waals surface area contributed by atoms with Crippen LogP contribution in [0, 0.1) is 0 Å². The maximum Gasteiger partial charge on any atom is 0.0674 e. The van der Waals surface area contributed by atoms with Crippen LogP contribution < -0.4 is 0 Å². The Morgan fingerprint density at radius 1 is 1.67 bits per heavy atom. The average molecular weight is 129 g/mol. The average Bonchev–Trinajstić information content (AvgIpc) is 1.88. The van der Waals surface area contributed by atoms with Crippen LogP contribution >= 0.6 is 0 Å². The standard InChI is InChI=1S/C7H15NO/c1-3-8-4-5-9-7(2)6-8/h7H,3-6H2,1-2H3/t7-/m1/s1. The lowest BCUT2D eigenvalue weighted by Gasteiger charge is -2.29. The third-order valence-corrected chi connectivity index (χ3v) is 1.77. The van der Waals surface area contributed by atoms with Crippen LogP contribution in [0.15, 0.2) is 0 Å². The molecule has 1 heterocycles. The zero-order chi connectivity index (χ0) is 6.69. The van der Waals surface area contributed by atoms with Gasteiger partial charge in [0.05, 0.1) is 12.7 Å². The minimum Gasteiger partial charge on any atom is -0.376 e. The van der Waals surface area contributed by atoms with Crippen molar-refractivity contribution in [2.75, 3.05) is 26.2 Å². The lowest BCUT2D eigenvalue weighted by Crippen LogP contribution is -2.40. The Morgan fingerprint density at radius 2 is 2.44 bits per heavy atom. The molecule has 0 aromatic carbocycles. The third-order valence-electron chi connectivity index (χ3n) is 1.77. The molecule has 0 radical (unpaired) electrons. The summed E-state index contributed by atoms with van der Waals surface area (Å²) in [5.74, 6) is 0. The van der Waals surface area contributed by atoms with Gasteiger partial charge in [-0.05, 0) is 13.5 Å². The number of hydrogen-bond donors (Lipinski definition) is 0. The van der Waals surface area contributed by atoms with E-state index in [0.29, 0.717) is 6.10 Å². The molecule has 9 heavy (non-hydrogen) atoms. The number of rotatable bonds is 1. The van der Waals surface area contributed by atoms with E-state index in [1.54, 1.807) is 0 Å². The Morgan fingerprint density at radius 3 is 2.89 bits per heavy atom. The highest BCUT2D eigenvalue weighted by Crippen LogP contribution is 2.02. The summed E-state index contributed by atoms with van der Waals surface area (Å²) < 4.78 is 5.37. The van der Waals surface area contributed by atoms with E-state index in [2.05, 4.69) is 18.7 Å². The fraction of sp³-hybridized carbons (Fsp3) is 1.00. The Balaban J connectivity index is 2.23. The van der Waals surface area contributed by atoms with E-state index >= 15 is 0 Å². The molecule has 0 saturated carbocycles. The van der Waals surface area contributed by atoms with Gasteiger partial charge in [-0.15, -0.1) is 0 Å². The molecule has 0 bridgehead atoms. The van der Waals surface area contributed by atoms with Crippen molar-refractivity contribution in [3.05, 3.63) is 0 Å². The summed E-state index contributed by atoms with van der Waals surface area (Å²) in [5.41, 5.74) is 0. The Bertz CT molecular complexity index is 85.0. The van der Waals surface area contributed by atoms with Crippen LogP contribution in [0.4, 0.5) is 0 Å².